The molecule has 1 aliphatic rings. The first kappa shape index (κ1) is 25.8. The fraction of sp³-hybridized carbons (Fsp3) is 0.440. The molecule has 0 bridgehead atoms. The minimum Gasteiger partial charge on any atom is -0.484 e. The molecule has 2 aromatic rings. The van der Waals surface area contributed by atoms with E-state index in [0.29, 0.717) is 44.4 Å². The number of nitrogens with two attached hydrogens (primary N) is 1. The Bertz CT molecular complexity index is 1160. The minimum absolute atomic E-state index is 0.112. The predicted molar refractivity (Wildman–Crippen MR) is 137 cm³/mol. The number of dihydropyridines is 1. The van der Waals surface area contributed by atoms with Crippen LogP contribution in [0.5, 0.6) is 11.6 Å². The van der Waals surface area contributed by atoms with E-state index in [1.54, 1.807) is 13.1 Å². The lowest BCUT2D eigenvalue weighted by Crippen LogP contribution is -2.42. The topological polar surface area (TPSA) is 114 Å². The molecule has 0 radical (unpaired) electrons. The maximum absolute atomic E-state index is 12.3. The average Bonchev–Trinajstić information content (AvgIpc) is 2.80. The van der Waals surface area contributed by atoms with Crippen molar-refractivity contribution in [3.63, 3.8) is 0 Å². The summed E-state index contributed by atoms with van der Waals surface area (Å²) in [6.07, 6.45) is 3.46. The number of aliphatic hydroxyl groups is 1. The number of hydrogen-bond acceptors (Lipinski definition) is 8. The first-order valence-corrected chi connectivity index (χ1v) is 11.6. The van der Waals surface area contributed by atoms with Gasteiger partial charge in [0.05, 0.1) is 35.5 Å². The van der Waals surface area contributed by atoms with Gasteiger partial charge in [0.15, 0.2) is 5.60 Å². The van der Waals surface area contributed by atoms with E-state index >= 15 is 0 Å². The van der Waals surface area contributed by atoms with Gasteiger partial charge in [-0.2, -0.15) is 0 Å². The number of hydrogen-bond donors (Lipinski definition) is 4. The number of nitrogens with one attached hydrogen (secondary N) is 2. The van der Waals surface area contributed by atoms with Gasteiger partial charge in [-0.1, -0.05) is 30.7 Å². The molecule has 0 saturated carbocycles. The van der Waals surface area contributed by atoms with Crippen LogP contribution in [-0.4, -0.2) is 42.1 Å². The molecule has 3 rings (SSSR count). The Balaban J connectivity index is 2.32. The summed E-state index contributed by atoms with van der Waals surface area (Å²) in [5, 5.41) is 16.4. The maximum atomic E-state index is 12.3. The minimum atomic E-state index is -1.58. The van der Waals surface area contributed by atoms with Gasteiger partial charge < -0.3 is 25.3 Å². The van der Waals surface area contributed by atoms with Crippen LogP contribution in [0.25, 0.3) is 10.9 Å². The first-order chi connectivity index (χ1) is 16.1. The summed E-state index contributed by atoms with van der Waals surface area (Å²) in [6.45, 7) is 9.84. The summed E-state index contributed by atoms with van der Waals surface area (Å²) in [5.74, 6) is 6.41. The van der Waals surface area contributed by atoms with Gasteiger partial charge in [0.25, 0.3) is 5.88 Å². The molecule has 34 heavy (non-hydrogen) atoms. The molecule has 3 unspecified atom stereocenters. The molecule has 0 fully saturated rings. The van der Waals surface area contributed by atoms with Crippen LogP contribution < -0.4 is 26.1 Å². The number of pyridine rings is 1. The summed E-state index contributed by atoms with van der Waals surface area (Å²) in [4.78, 5) is 9.34. The molecule has 2 heterocycles. The number of rotatable bonds is 8. The van der Waals surface area contributed by atoms with Crippen molar-refractivity contribution in [2.24, 2.45) is 16.8 Å². The van der Waals surface area contributed by atoms with Gasteiger partial charge in [0.1, 0.15) is 0 Å². The van der Waals surface area contributed by atoms with Crippen LogP contribution in [0, 0.1) is 5.92 Å². The lowest BCUT2D eigenvalue weighted by molar-refractivity contribution is 0.113. The molecular weight excluding hydrogens is 454 g/mol. The van der Waals surface area contributed by atoms with Crippen molar-refractivity contribution in [3.8, 4) is 11.6 Å². The van der Waals surface area contributed by atoms with E-state index in [1.165, 1.54) is 13.3 Å². The van der Waals surface area contributed by atoms with Gasteiger partial charge in [-0.05, 0) is 51.3 Å². The van der Waals surface area contributed by atoms with E-state index < -0.39 is 5.60 Å². The number of aromatic nitrogens is 1. The monoisotopic (exact) mass is 487 g/mol. The summed E-state index contributed by atoms with van der Waals surface area (Å²) >= 11 is 6.80. The Labute approximate surface area is 205 Å². The molecule has 1 aromatic carbocycles. The molecule has 9 heteroatoms. The van der Waals surface area contributed by atoms with Crippen LogP contribution in [-0.2, 0) is 5.60 Å². The van der Waals surface area contributed by atoms with Crippen LogP contribution in [0.4, 0.5) is 0 Å². The molecule has 1 aromatic heterocycles. The molecule has 0 spiro atoms. The molecule has 0 aliphatic carbocycles. The second kappa shape index (κ2) is 10.2. The predicted octanol–water partition coefficient (Wildman–Crippen LogP) is 3.82. The van der Waals surface area contributed by atoms with Crippen molar-refractivity contribution in [1.82, 2.24) is 15.7 Å². The lowest BCUT2D eigenvalue weighted by atomic mass is 9.77. The molecule has 8 nitrogen and oxygen atoms in total. The number of methoxy groups -OCH3 is 1. The highest BCUT2D eigenvalue weighted by Crippen LogP contribution is 2.44. The fourth-order valence-corrected chi connectivity index (χ4v) is 4.46. The number of hydrazine groups is 1. The number of aliphatic imine (C=N–C) groups is 1. The third-order valence-electron chi connectivity index (χ3n) is 6.07. The van der Waals surface area contributed by atoms with Crippen molar-refractivity contribution in [2.45, 2.75) is 52.4 Å². The van der Waals surface area contributed by atoms with Crippen molar-refractivity contribution in [1.29, 1.82) is 0 Å². The number of likely N-dealkylation sites (N-methyl/N-ethyl adjacent to an activating group) is 1. The van der Waals surface area contributed by atoms with E-state index in [9.17, 15) is 5.11 Å². The van der Waals surface area contributed by atoms with E-state index in [2.05, 4.69) is 35.7 Å². The largest absolute Gasteiger partial charge is 0.484 e. The van der Waals surface area contributed by atoms with Crippen LogP contribution in [0.3, 0.4) is 0 Å². The zero-order chi connectivity index (χ0) is 25.2. The van der Waals surface area contributed by atoms with Crippen LogP contribution in [0.2, 0.25) is 5.02 Å². The summed E-state index contributed by atoms with van der Waals surface area (Å²) < 4.78 is 11.3. The van der Waals surface area contributed by atoms with Crippen LogP contribution >= 0.6 is 11.6 Å². The van der Waals surface area contributed by atoms with E-state index in [1.807, 2.05) is 32.9 Å². The highest BCUT2D eigenvalue weighted by molar-refractivity contribution is 6.37. The van der Waals surface area contributed by atoms with Gasteiger partial charge in [-0.3, -0.25) is 10.8 Å². The standard InChI is InChI=1S/C25H34ClN5O3/c1-13(2)34-23-22(26)18-11-17(8-9-20(18)31-24(23)33-7)25(32,21(28-6)12-29-27)19-10-14(3)15(4)30-16(19)5/h8-15,28-29,32H,27H2,1-7H3/b21-12-. The van der Waals surface area contributed by atoms with E-state index in [0.717, 1.165) is 5.71 Å². The molecule has 5 N–H and O–H groups in total. The molecule has 0 saturated heterocycles. The van der Waals surface area contributed by atoms with Gasteiger partial charge >= 0.3 is 0 Å². The molecule has 1 aliphatic heterocycles. The normalized spacial score (nSPS) is 20.5. The van der Waals surface area contributed by atoms with Gasteiger partial charge in [-0.15, -0.1) is 0 Å². The highest BCUT2D eigenvalue weighted by atomic mass is 35.5. The third-order valence-corrected chi connectivity index (χ3v) is 6.44. The zero-order valence-corrected chi connectivity index (χ0v) is 21.5. The average molecular weight is 488 g/mol. The Morgan fingerprint density at radius 2 is 2.03 bits per heavy atom. The summed E-state index contributed by atoms with van der Waals surface area (Å²) in [6, 6.07) is 5.54. The number of nitrogens with zero attached hydrogens (tertiary/aromatic N) is 2. The van der Waals surface area contributed by atoms with Crippen molar-refractivity contribution < 1.29 is 14.6 Å². The quantitative estimate of drug-likeness (QED) is 0.330. The first-order valence-electron chi connectivity index (χ1n) is 11.3. The highest BCUT2D eigenvalue weighted by Gasteiger charge is 2.41. The number of halogens is 1. The Kier molecular flexibility index (Phi) is 7.75. The SMILES string of the molecule is CN/C(=C\NN)C(O)(C1=CC(C)C(C)N=C1C)c1ccc2nc(OC)c(OC(C)C)c(Cl)c2c1. The molecular formula is C25H34ClN5O3. The molecule has 0 amide bonds. The van der Waals surface area contributed by atoms with Gasteiger partial charge in [-0.25, -0.2) is 4.98 Å². The maximum Gasteiger partial charge on any atom is 0.258 e. The summed E-state index contributed by atoms with van der Waals surface area (Å²) in [5.41, 5.74) is 4.00. The lowest BCUT2D eigenvalue weighted by Gasteiger charge is -2.37. The third kappa shape index (κ3) is 4.58. The Morgan fingerprint density at radius 3 is 2.62 bits per heavy atom. The Hall–Kier alpha value is -2.81. The van der Waals surface area contributed by atoms with E-state index in [-0.39, 0.29) is 18.1 Å². The molecule has 184 valence electrons. The summed E-state index contributed by atoms with van der Waals surface area (Å²) in [7, 11) is 3.25. The van der Waals surface area contributed by atoms with Crippen molar-refractivity contribution in [3.05, 3.63) is 52.3 Å². The van der Waals surface area contributed by atoms with Crippen LogP contribution in [0.1, 0.15) is 40.2 Å². The smallest absolute Gasteiger partial charge is 0.258 e. The van der Waals surface area contributed by atoms with Gasteiger partial charge in [0.2, 0.25) is 5.75 Å². The molecule has 3 atom stereocenters. The van der Waals surface area contributed by atoms with Gasteiger partial charge in [0, 0.05) is 29.9 Å². The number of benzene rings is 1. The van der Waals surface area contributed by atoms with Crippen molar-refractivity contribution in [2.75, 3.05) is 14.2 Å². The Morgan fingerprint density at radius 1 is 1.32 bits per heavy atom. The number of fused-ring (bicyclic) bond motifs is 1. The van der Waals surface area contributed by atoms with Crippen molar-refractivity contribution >= 4 is 28.2 Å². The number of ether oxygens (including phenoxy) is 2. The second-order valence-corrected chi connectivity index (χ2v) is 9.12. The fourth-order valence-electron chi connectivity index (χ4n) is 4.18. The zero-order valence-electron chi connectivity index (χ0n) is 20.7. The van der Waals surface area contributed by atoms with E-state index in [4.69, 9.17) is 31.9 Å². The van der Waals surface area contributed by atoms with Crippen LogP contribution in [0.15, 0.2) is 46.7 Å². The second-order valence-electron chi connectivity index (χ2n) is 8.74.